The number of nitrogens with zero attached hydrogens (tertiary/aromatic N) is 2. The molecule has 0 fully saturated rings. The van der Waals surface area contributed by atoms with Crippen LogP contribution in [-0.4, -0.2) is 0 Å². The fraction of sp³-hybridized carbons (Fsp3) is 0.0566. The molecule has 0 amide bonds. The summed E-state index contributed by atoms with van der Waals surface area (Å²) in [5.74, 6) is 2.73. The van der Waals surface area contributed by atoms with E-state index < -0.39 is 0 Å². The summed E-state index contributed by atoms with van der Waals surface area (Å²) in [6.07, 6.45) is 0. The van der Waals surface area contributed by atoms with Gasteiger partial charge >= 0.3 is 0 Å². The molecule has 9 aromatic carbocycles. The molecule has 0 saturated heterocycles. The van der Waals surface area contributed by atoms with E-state index in [1.54, 1.807) is 0 Å². The van der Waals surface area contributed by atoms with Crippen molar-refractivity contribution in [1.29, 1.82) is 0 Å². The highest BCUT2D eigenvalue weighted by Crippen LogP contribution is 2.58. The number of para-hydroxylation sites is 2. The minimum Gasteiger partial charge on any atom is -0.449 e. The minimum atomic E-state index is -0.171. The van der Waals surface area contributed by atoms with E-state index in [9.17, 15) is 0 Å². The molecule has 0 aromatic heterocycles. The van der Waals surface area contributed by atoms with Crippen LogP contribution in [0.15, 0.2) is 194 Å². The van der Waals surface area contributed by atoms with E-state index in [2.05, 4.69) is 218 Å². The van der Waals surface area contributed by atoms with Crippen LogP contribution in [0.25, 0.3) is 32.7 Å². The second-order valence-electron chi connectivity index (χ2n) is 15.4. The van der Waals surface area contributed by atoms with Gasteiger partial charge in [0.05, 0.1) is 11.4 Å². The second kappa shape index (κ2) is 12.9. The zero-order chi connectivity index (χ0) is 38.1. The van der Waals surface area contributed by atoms with E-state index in [1.807, 2.05) is 0 Å². The molecule has 0 N–H and O–H groups in total. The number of hydrogen-bond acceptors (Lipinski definition) is 4. The summed E-state index contributed by atoms with van der Waals surface area (Å²) in [5, 5.41) is 4.70. The maximum absolute atomic E-state index is 6.96. The zero-order valence-corrected chi connectivity index (χ0v) is 31.7. The molecule has 1 aliphatic heterocycles. The van der Waals surface area contributed by atoms with Crippen LogP contribution in [0.5, 0.6) is 23.0 Å². The lowest BCUT2D eigenvalue weighted by Crippen LogP contribution is -2.18. The SMILES string of the molecule is CC1(C)c2ccccc2-c2cc3c(cc21)Oc1cc(N(c2ccccc2)c2ccc4ccccc4c2)c(N(c2ccccc2)c2ccc4ccccc4c2)cc1O3. The maximum atomic E-state index is 6.96. The normalized spacial score (nSPS) is 13.2. The lowest BCUT2D eigenvalue weighted by atomic mass is 9.82. The molecule has 4 nitrogen and oxygen atoms in total. The van der Waals surface area contributed by atoms with Gasteiger partial charge in [-0.15, -0.1) is 0 Å². The Bertz CT molecular complexity index is 3010. The van der Waals surface area contributed by atoms with Gasteiger partial charge in [-0.05, 0) is 104 Å². The van der Waals surface area contributed by atoms with Gasteiger partial charge in [0.15, 0.2) is 23.0 Å². The third kappa shape index (κ3) is 5.44. The van der Waals surface area contributed by atoms with Crippen LogP contribution in [-0.2, 0) is 5.41 Å². The third-order valence-electron chi connectivity index (χ3n) is 11.6. The molecule has 0 radical (unpaired) electrons. The number of rotatable bonds is 6. The second-order valence-corrected chi connectivity index (χ2v) is 15.4. The Morgan fingerprint density at radius 2 is 0.772 bits per heavy atom. The predicted octanol–water partition coefficient (Wildman–Crippen LogP) is 15.1. The first-order valence-electron chi connectivity index (χ1n) is 19.5. The van der Waals surface area contributed by atoms with Gasteiger partial charge in [0.2, 0.25) is 0 Å². The molecule has 2 aliphatic rings. The number of benzene rings is 9. The highest BCUT2D eigenvalue weighted by molar-refractivity contribution is 5.97. The van der Waals surface area contributed by atoms with Crippen molar-refractivity contribution in [2.45, 2.75) is 19.3 Å². The molecule has 0 atom stereocenters. The highest BCUT2D eigenvalue weighted by Gasteiger charge is 2.38. The molecule has 57 heavy (non-hydrogen) atoms. The Morgan fingerprint density at radius 1 is 0.333 bits per heavy atom. The third-order valence-corrected chi connectivity index (χ3v) is 11.6. The first kappa shape index (κ1) is 33.1. The van der Waals surface area contributed by atoms with E-state index in [1.165, 1.54) is 33.0 Å². The van der Waals surface area contributed by atoms with Crippen molar-refractivity contribution < 1.29 is 9.47 Å². The molecule has 11 rings (SSSR count). The lowest BCUT2D eigenvalue weighted by molar-refractivity contribution is 0.359. The van der Waals surface area contributed by atoms with Gasteiger partial charge in [0.25, 0.3) is 0 Å². The van der Waals surface area contributed by atoms with Gasteiger partial charge < -0.3 is 19.3 Å². The van der Waals surface area contributed by atoms with E-state index in [4.69, 9.17) is 9.47 Å². The Kier molecular flexibility index (Phi) is 7.48. The molecular weight excluding hydrogens is 697 g/mol. The largest absolute Gasteiger partial charge is 0.449 e. The topological polar surface area (TPSA) is 24.9 Å². The van der Waals surface area contributed by atoms with Gasteiger partial charge in [0.1, 0.15) is 0 Å². The van der Waals surface area contributed by atoms with Crippen LogP contribution in [0.1, 0.15) is 25.0 Å². The monoisotopic (exact) mass is 734 g/mol. The van der Waals surface area contributed by atoms with Gasteiger partial charge in [-0.3, -0.25) is 0 Å². The van der Waals surface area contributed by atoms with Crippen LogP contribution in [0.4, 0.5) is 34.1 Å². The van der Waals surface area contributed by atoms with Crippen molar-refractivity contribution >= 4 is 55.7 Å². The van der Waals surface area contributed by atoms with Crippen molar-refractivity contribution in [1.82, 2.24) is 0 Å². The Morgan fingerprint density at radius 3 is 1.32 bits per heavy atom. The first-order chi connectivity index (χ1) is 28.0. The average molecular weight is 735 g/mol. The van der Waals surface area contributed by atoms with E-state index >= 15 is 0 Å². The molecule has 9 aromatic rings. The maximum Gasteiger partial charge on any atom is 0.172 e. The first-order valence-corrected chi connectivity index (χ1v) is 19.5. The van der Waals surface area contributed by atoms with Crippen molar-refractivity contribution in [2.24, 2.45) is 0 Å². The molecule has 1 aliphatic carbocycles. The summed E-state index contributed by atoms with van der Waals surface area (Å²) in [6.45, 7) is 4.58. The van der Waals surface area contributed by atoms with E-state index in [0.717, 1.165) is 44.9 Å². The van der Waals surface area contributed by atoms with Gasteiger partial charge in [0, 0.05) is 40.3 Å². The summed E-state index contributed by atoms with van der Waals surface area (Å²) in [7, 11) is 0. The minimum absolute atomic E-state index is 0.171. The van der Waals surface area contributed by atoms with Crippen molar-refractivity contribution in [3.63, 3.8) is 0 Å². The summed E-state index contributed by atoms with van der Waals surface area (Å²) in [6, 6.07) is 68.9. The number of anilines is 6. The van der Waals surface area contributed by atoms with E-state index in [0.29, 0.717) is 23.0 Å². The van der Waals surface area contributed by atoms with Crippen molar-refractivity contribution in [3.05, 3.63) is 205 Å². The highest BCUT2D eigenvalue weighted by atomic mass is 16.6. The predicted molar refractivity (Wildman–Crippen MR) is 235 cm³/mol. The molecule has 0 spiro atoms. The van der Waals surface area contributed by atoms with Crippen molar-refractivity contribution in [3.8, 4) is 34.1 Å². The molecule has 0 saturated carbocycles. The number of ether oxygens (including phenoxy) is 2. The Balaban J connectivity index is 1.17. The van der Waals surface area contributed by atoms with E-state index in [-0.39, 0.29) is 5.41 Å². The van der Waals surface area contributed by atoms with Crippen LogP contribution in [0.2, 0.25) is 0 Å². The fourth-order valence-electron chi connectivity index (χ4n) is 8.80. The standard InChI is InChI=1S/C53H38N2O2/c1-53(2)45-24-14-13-23-43(45)44-31-49-50(32-46(44)53)57-52-34-48(55(40-21-7-4-8-22-40)42-28-26-36-16-10-12-18-38(36)30-42)47(33-51(52)56-49)54(39-19-5-3-6-20-39)41-27-25-35-15-9-11-17-37(35)29-41/h3-34H,1-2H3. The van der Waals surface area contributed by atoms with Crippen LogP contribution < -0.4 is 19.3 Å². The van der Waals surface area contributed by atoms with Crippen LogP contribution in [0.3, 0.4) is 0 Å². The van der Waals surface area contributed by atoms with Gasteiger partial charge in [-0.2, -0.15) is 0 Å². The Hall–Kier alpha value is -7.30. The molecule has 4 heteroatoms. The van der Waals surface area contributed by atoms with Crippen LogP contribution >= 0.6 is 0 Å². The summed E-state index contributed by atoms with van der Waals surface area (Å²) >= 11 is 0. The molecule has 272 valence electrons. The van der Waals surface area contributed by atoms with Gasteiger partial charge in [-0.1, -0.05) is 135 Å². The molecule has 1 heterocycles. The lowest BCUT2D eigenvalue weighted by Gasteiger charge is -2.35. The van der Waals surface area contributed by atoms with Crippen molar-refractivity contribution in [2.75, 3.05) is 9.80 Å². The molecule has 0 unspecified atom stereocenters. The molecular formula is C53H38N2O2. The fourth-order valence-corrected chi connectivity index (χ4v) is 8.80. The summed E-state index contributed by atoms with van der Waals surface area (Å²) in [4.78, 5) is 4.67. The van der Waals surface area contributed by atoms with Crippen LogP contribution in [0, 0.1) is 0 Å². The Labute approximate surface area is 332 Å². The zero-order valence-electron chi connectivity index (χ0n) is 31.7. The number of fused-ring (bicyclic) bond motifs is 7. The quantitative estimate of drug-likeness (QED) is 0.170. The smallest absolute Gasteiger partial charge is 0.172 e. The molecule has 0 bridgehead atoms. The summed E-state index contributed by atoms with van der Waals surface area (Å²) < 4.78 is 13.9. The van der Waals surface area contributed by atoms with Gasteiger partial charge in [-0.25, -0.2) is 0 Å². The average Bonchev–Trinajstić information content (AvgIpc) is 3.48. The summed E-state index contributed by atoms with van der Waals surface area (Å²) in [5.41, 5.74) is 10.8. The number of hydrogen-bond donors (Lipinski definition) is 0.